The van der Waals surface area contributed by atoms with E-state index in [1.54, 1.807) is 27.5 Å². The molecule has 0 aliphatic heterocycles. The SMILES string of the molecule is CSc1ccc(CCNC(=O)c2cnc3sc4c(n3c2=O)CCC4)cc1. The van der Waals surface area contributed by atoms with Gasteiger partial charge >= 0.3 is 0 Å². The van der Waals surface area contributed by atoms with Gasteiger partial charge in [0, 0.05) is 28.2 Å². The fourth-order valence-electron chi connectivity index (χ4n) is 3.27. The standard InChI is InChI=1S/C19H19N3O2S2/c1-25-13-7-5-12(6-8-13)9-10-20-17(23)14-11-21-19-22(18(14)24)15-3-2-4-16(15)26-19/h5-8,11H,2-4,9-10H2,1H3,(H,20,23). The van der Waals surface area contributed by atoms with Crippen LogP contribution < -0.4 is 10.9 Å². The molecule has 1 aliphatic carbocycles. The predicted octanol–water partition coefficient (Wildman–Crippen LogP) is 2.94. The number of amides is 1. The molecule has 1 aliphatic rings. The number of carbonyl (C=O) groups excluding carboxylic acids is 1. The average molecular weight is 386 g/mol. The molecule has 0 saturated carbocycles. The van der Waals surface area contributed by atoms with E-state index in [4.69, 9.17) is 0 Å². The van der Waals surface area contributed by atoms with Crippen LogP contribution in [0.25, 0.3) is 4.96 Å². The van der Waals surface area contributed by atoms with Crippen molar-refractivity contribution in [2.24, 2.45) is 0 Å². The van der Waals surface area contributed by atoms with E-state index in [0.29, 0.717) is 11.5 Å². The fraction of sp³-hybridized carbons (Fsp3) is 0.316. The minimum Gasteiger partial charge on any atom is -0.351 e. The highest BCUT2D eigenvalue weighted by Crippen LogP contribution is 2.28. The molecule has 7 heteroatoms. The van der Waals surface area contributed by atoms with Crippen LogP contribution in [-0.4, -0.2) is 28.1 Å². The van der Waals surface area contributed by atoms with E-state index in [1.165, 1.54) is 16.0 Å². The summed E-state index contributed by atoms with van der Waals surface area (Å²) in [6, 6.07) is 8.27. The number of aromatic nitrogens is 2. The smallest absolute Gasteiger partial charge is 0.271 e. The second kappa shape index (κ2) is 7.25. The Morgan fingerprint density at radius 1 is 1.31 bits per heavy atom. The average Bonchev–Trinajstić information content (AvgIpc) is 3.23. The highest BCUT2D eigenvalue weighted by Gasteiger charge is 2.22. The monoisotopic (exact) mass is 385 g/mol. The zero-order chi connectivity index (χ0) is 18.1. The Bertz CT molecular complexity index is 1020. The first kappa shape index (κ1) is 17.3. The highest BCUT2D eigenvalue weighted by molar-refractivity contribution is 7.98. The van der Waals surface area contributed by atoms with E-state index in [-0.39, 0.29) is 17.0 Å². The maximum absolute atomic E-state index is 12.8. The number of aryl methyl sites for hydroxylation is 2. The zero-order valence-electron chi connectivity index (χ0n) is 14.4. The Balaban J connectivity index is 1.47. The largest absolute Gasteiger partial charge is 0.351 e. The maximum Gasteiger partial charge on any atom is 0.271 e. The summed E-state index contributed by atoms with van der Waals surface area (Å²) in [5.74, 6) is -0.351. The van der Waals surface area contributed by atoms with Gasteiger partial charge in [-0.1, -0.05) is 12.1 Å². The summed E-state index contributed by atoms with van der Waals surface area (Å²) in [6.45, 7) is 0.487. The second-order valence-electron chi connectivity index (χ2n) is 6.27. The minimum atomic E-state index is -0.351. The molecule has 2 heterocycles. The third-order valence-electron chi connectivity index (χ3n) is 4.66. The number of carbonyl (C=O) groups is 1. The van der Waals surface area contributed by atoms with Gasteiger partial charge in [0.25, 0.3) is 11.5 Å². The summed E-state index contributed by atoms with van der Waals surface area (Å²) in [5.41, 5.74) is 2.05. The number of benzene rings is 1. The molecule has 2 aromatic heterocycles. The van der Waals surface area contributed by atoms with Crippen molar-refractivity contribution in [3.8, 4) is 0 Å². The molecule has 0 fully saturated rings. The van der Waals surface area contributed by atoms with Crippen molar-refractivity contribution in [1.29, 1.82) is 0 Å². The quantitative estimate of drug-likeness (QED) is 0.686. The van der Waals surface area contributed by atoms with Crippen LogP contribution in [-0.2, 0) is 19.3 Å². The third kappa shape index (κ3) is 3.17. The van der Waals surface area contributed by atoms with Crippen molar-refractivity contribution in [2.45, 2.75) is 30.6 Å². The molecule has 5 nitrogen and oxygen atoms in total. The lowest BCUT2D eigenvalue weighted by Crippen LogP contribution is -2.32. The van der Waals surface area contributed by atoms with Gasteiger partial charge in [0.2, 0.25) is 0 Å². The Labute approximate surface area is 159 Å². The third-order valence-corrected chi connectivity index (χ3v) is 6.56. The van der Waals surface area contributed by atoms with Gasteiger partial charge in [-0.25, -0.2) is 4.98 Å². The number of thioether (sulfide) groups is 1. The maximum atomic E-state index is 12.8. The molecule has 26 heavy (non-hydrogen) atoms. The molecule has 1 aromatic carbocycles. The number of nitrogens with one attached hydrogen (secondary N) is 1. The lowest BCUT2D eigenvalue weighted by Gasteiger charge is -2.06. The number of thiazole rings is 1. The summed E-state index contributed by atoms with van der Waals surface area (Å²) in [6.07, 6.45) is 7.13. The number of rotatable bonds is 5. The van der Waals surface area contributed by atoms with Crippen LogP contribution in [0.1, 0.15) is 32.9 Å². The van der Waals surface area contributed by atoms with Crippen molar-refractivity contribution in [1.82, 2.24) is 14.7 Å². The molecule has 4 rings (SSSR count). The molecular formula is C19H19N3O2S2. The topological polar surface area (TPSA) is 63.5 Å². The summed E-state index contributed by atoms with van der Waals surface area (Å²) in [7, 11) is 0. The Morgan fingerprint density at radius 3 is 2.88 bits per heavy atom. The first-order valence-electron chi connectivity index (χ1n) is 8.61. The van der Waals surface area contributed by atoms with E-state index in [9.17, 15) is 9.59 Å². The highest BCUT2D eigenvalue weighted by atomic mass is 32.2. The van der Waals surface area contributed by atoms with Crippen LogP contribution in [0.5, 0.6) is 0 Å². The lowest BCUT2D eigenvalue weighted by molar-refractivity contribution is 0.0952. The van der Waals surface area contributed by atoms with E-state index in [1.807, 2.05) is 6.26 Å². The van der Waals surface area contributed by atoms with E-state index < -0.39 is 0 Å². The van der Waals surface area contributed by atoms with Gasteiger partial charge < -0.3 is 5.32 Å². The van der Waals surface area contributed by atoms with Gasteiger partial charge in [0.15, 0.2) is 4.96 Å². The van der Waals surface area contributed by atoms with Gasteiger partial charge in [0.05, 0.1) is 0 Å². The van der Waals surface area contributed by atoms with Crippen LogP contribution in [0.2, 0.25) is 0 Å². The van der Waals surface area contributed by atoms with E-state index in [0.717, 1.165) is 36.9 Å². The van der Waals surface area contributed by atoms with Gasteiger partial charge in [0.1, 0.15) is 5.56 Å². The molecule has 134 valence electrons. The molecule has 3 aromatic rings. The molecule has 0 bridgehead atoms. The van der Waals surface area contributed by atoms with E-state index >= 15 is 0 Å². The van der Waals surface area contributed by atoms with Gasteiger partial charge in [-0.2, -0.15) is 0 Å². The Kier molecular flexibility index (Phi) is 4.82. The van der Waals surface area contributed by atoms with Crippen molar-refractivity contribution in [3.63, 3.8) is 0 Å². The lowest BCUT2D eigenvalue weighted by atomic mass is 10.1. The number of hydrogen-bond acceptors (Lipinski definition) is 5. The first-order chi connectivity index (χ1) is 12.7. The Hall–Kier alpha value is -2.12. The second-order valence-corrected chi connectivity index (χ2v) is 8.22. The van der Waals surface area contributed by atoms with Crippen molar-refractivity contribution in [3.05, 3.63) is 62.5 Å². The van der Waals surface area contributed by atoms with Gasteiger partial charge in [-0.05, 0) is 49.6 Å². The Morgan fingerprint density at radius 2 is 2.12 bits per heavy atom. The van der Waals surface area contributed by atoms with Gasteiger partial charge in [-0.15, -0.1) is 23.1 Å². The first-order valence-corrected chi connectivity index (χ1v) is 10.6. The molecule has 0 saturated heterocycles. The summed E-state index contributed by atoms with van der Waals surface area (Å²) in [4.78, 5) is 32.7. The predicted molar refractivity (Wildman–Crippen MR) is 106 cm³/mol. The van der Waals surface area contributed by atoms with Crippen molar-refractivity contribution in [2.75, 3.05) is 12.8 Å². The fourth-order valence-corrected chi connectivity index (χ4v) is 4.85. The number of nitrogens with zero attached hydrogens (tertiary/aromatic N) is 2. The van der Waals surface area contributed by atoms with Crippen LogP contribution in [0.4, 0.5) is 0 Å². The van der Waals surface area contributed by atoms with Crippen LogP contribution in [0.15, 0.2) is 40.2 Å². The molecule has 1 N–H and O–H groups in total. The molecule has 0 unspecified atom stereocenters. The molecule has 0 spiro atoms. The molecule has 0 atom stereocenters. The number of fused-ring (bicyclic) bond motifs is 3. The zero-order valence-corrected chi connectivity index (χ0v) is 16.1. The molecule has 0 radical (unpaired) electrons. The van der Waals surface area contributed by atoms with Crippen LogP contribution in [0.3, 0.4) is 0 Å². The van der Waals surface area contributed by atoms with Crippen LogP contribution in [0, 0.1) is 0 Å². The minimum absolute atomic E-state index is 0.118. The summed E-state index contributed by atoms with van der Waals surface area (Å²) < 4.78 is 1.63. The molecular weight excluding hydrogens is 366 g/mol. The number of hydrogen-bond donors (Lipinski definition) is 1. The van der Waals surface area contributed by atoms with Gasteiger partial charge in [-0.3, -0.25) is 14.0 Å². The van der Waals surface area contributed by atoms with Crippen LogP contribution >= 0.6 is 23.1 Å². The van der Waals surface area contributed by atoms with E-state index in [2.05, 4.69) is 34.6 Å². The normalized spacial score (nSPS) is 13.1. The summed E-state index contributed by atoms with van der Waals surface area (Å²) >= 11 is 3.26. The van der Waals surface area contributed by atoms with Crippen molar-refractivity contribution < 1.29 is 4.79 Å². The molecule has 1 amide bonds. The van der Waals surface area contributed by atoms with Crippen molar-refractivity contribution >= 4 is 34.0 Å². The summed E-state index contributed by atoms with van der Waals surface area (Å²) in [5, 5.41) is 2.85.